The highest BCUT2D eigenvalue weighted by Gasteiger charge is 2.08. The lowest BCUT2D eigenvalue weighted by molar-refractivity contribution is 0.562. The largest absolute Gasteiger partial charge is 0.396 e. The quantitative estimate of drug-likeness (QED) is 0.621. The third kappa shape index (κ3) is 1.31. The zero-order valence-electron chi connectivity index (χ0n) is 6.20. The molecule has 60 valence electrons. The number of nitrogens with two attached hydrogens (primary N) is 1. The maximum absolute atomic E-state index is 12.9. The predicted octanol–water partition coefficient (Wildman–Crippen LogP) is 2.11. The summed E-state index contributed by atoms with van der Waals surface area (Å²) in [5.74, 6) is -1.16. The highest BCUT2D eigenvalue weighted by molar-refractivity contribution is 5.43. The van der Waals surface area contributed by atoms with Crippen LogP contribution < -0.4 is 5.73 Å². The Morgan fingerprint density at radius 2 is 2.00 bits per heavy atom. The van der Waals surface area contributed by atoms with E-state index in [9.17, 15) is 8.78 Å². The molecule has 1 aromatic rings. The first-order chi connectivity index (χ1) is 5.16. The van der Waals surface area contributed by atoms with Gasteiger partial charge in [0.1, 0.15) is 5.82 Å². The average molecular weight is 157 g/mol. The summed E-state index contributed by atoms with van der Waals surface area (Å²) in [6.07, 6.45) is 0.322. The molecule has 0 aromatic heterocycles. The van der Waals surface area contributed by atoms with Gasteiger partial charge in [-0.05, 0) is 18.6 Å². The number of benzene rings is 1. The van der Waals surface area contributed by atoms with Crippen molar-refractivity contribution in [3.63, 3.8) is 0 Å². The molecule has 0 aliphatic heterocycles. The molecule has 0 unspecified atom stereocenters. The molecule has 1 nitrogen and oxygen atoms in total. The van der Waals surface area contributed by atoms with Crippen molar-refractivity contribution in [2.75, 3.05) is 5.73 Å². The summed E-state index contributed by atoms with van der Waals surface area (Å²) in [5.41, 5.74) is 5.29. The van der Waals surface area contributed by atoms with Crippen molar-refractivity contribution in [2.45, 2.75) is 13.3 Å². The molecule has 0 heterocycles. The number of halogens is 2. The van der Waals surface area contributed by atoms with Crippen LogP contribution >= 0.6 is 0 Å². The second kappa shape index (κ2) is 2.86. The van der Waals surface area contributed by atoms with Crippen molar-refractivity contribution < 1.29 is 8.78 Å². The van der Waals surface area contributed by atoms with Gasteiger partial charge in [-0.2, -0.15) is 0 Å². The molecule has 0 aliphatic rings. The van der Waals surface area contributed by atoms with Crippen molar-refractivity contribution in [3.8, 4) is 0 Å². The second-order valence-corrected chi connectivity index (χ2v) is 2.28. The maximum atomic E-state index is 12.9. The van der Waals surface area contributed by atoms with Gasteiger partial charge in [-0.3, -0.25) is 0 Å². The van der Waals surface area contributed by atoms with E-state index >= 15 is 0 Å². The summed E-state index contributed by atoms with van der Waals surface area (Å²) < 4.78 is 25.6. The van der Waals surface area contributed by atoms with Gasteiger partial charge >= 0.3 is 0 Å². The molecular weight excluding hydrogens is 148 g/mol. The van der Waals surface area contributed by atoms with E-state index in [0.29, 0.717) is 6.42 Å². The van der Waals surface area contributed by atoms with E-state index in [1.54, 1.807) is 6.92 Å². The first-order valence-electron chi connectivity index (χ1n) is 3.39. The highest BCUT2D eigenvalue weighted by atomic mass is 19.1. The van der Waals surface area contributed by atoms with E-state index in [1.165, 1.54) is 12.1 Å². The summed E-state index contributed by atoms with van der Waals surface area (Å²) in [7, 11) is 0. The van der Waals surface area contributed by atoms with E-state index in [2.05, 4.69) is 0 Å². The SMILES string of the molecule is CCc1c(F)ccc(N)c1F. The van der Waals surface area contributed by atoms with Crippen molar-refractivity contribution in [1.29, 1.82) is 0 Å². The molecule has 0 aliphatic carbocycles. The number of hydrogen-bond donors (Lipinski definition) is 1. The van der Waals surface area contributed by atoms with E-state index in [4.69, 9.17) is 5.73 Å². The van der Waals surface area contributed by atoms with E-state index in [0.717, 1.165) is 0 Å². The van der Waals surface area contributed by atoms with Crippen LogP contribution in [0, 0.1) is 11.6 Å². The van der Waals surface area contributed by atoms with Gasteiger partial charge < -0.3 is 5.73 Å². The van der Waals surface area contributed by atoms with Crippen LogP contribution in [0.4, 0.5) is 14.5 Å². The molecular formula is C8H9F2N. The minimum absolute atomic E-state index is 0.00301. The predicted molar refractivity (Wildman–Crippen MR) is 40.1 cm³/mol. The van der Waals surface area contributed by atoms with Crippen molar-refractivity contribution in [3.05, 3.63) is 29.3 Å². The Morgan fingerprint density at radius 1 is 1.36 bits per heavy atom. The molecule has 0 spiro atoms. The zero-order valence-corrected chi connectivity index (χ0v) is 6.20. The van der Waals surface area contributed by atoms with E-state index in [1.807, 2.05) is 0 Å². The fourth-order valence-corrected chi connectivity index (χ4v) is 0.940. The minimum Gasteiger partial charge on any atom is -0.396 e. The number of nitrogen functional groups attached to an aromatic ring is 1. The van der Waals surface area contributed by atoms with Crippen LogP contribution in [0.15, 0.2) is 12.1 Å². The third-order valence-corrected chi connectivity index (χ3v) is 1.57. The Bertz CT molecular complexity index is 271. The van der Waals surface area contributed by atoms with Gasteiger partial charge in [0.15, 0.2) is 5.82 Å². The van der Waals surface area contributed by atoms with Crippen LogP contribution in [0.2, 0.25) is 0 Å². The van der Waals surface area contributed by atoms with E-state index < -0.39 is 11.6 Å². The third-order valence-electron chi connectivity index (χ3n) is 1.57. The lowest BCUT2D eigenvalue weighted by atomic mass is 10.1. The smallest absolute Gasteiger partial charge is 0.152 e. The molecule has 0 fully saturated rings. The summed E-state index contributed by atoms with van der Waals surface area (Å²) in [5, 5.41) is 0. The lowest BCUT2D eigenvalue weighted by Crippen LogP contribution is -1.98. The maximum Gasteiger partial charge on any atom is 0.152 e. The fraction of sp³-hybridized carbons (Fsp3) is 0.250. The Morgan fingerprint density at radius 3 is 2.45 bits per heavy atom. The van der Waals surface area contributed by atoms with Crippen LogP contribution in [0.25, 0.3) is 0 Å². The molecule has 0 saturated heterocycles. The topological polar surface area (TPSA) is 26.0 Å². The summed E-state index contributed by atoms with van der Waals surface area (Å²) in [6.45, 7) is 1.68. The lowest BCUT2D eigenvalue weighted by Gasteiger charge is -2.02. The Hall–Kier alpha value is -1.12. The molecule has 0 saturated carbocycles. The van der Waals surface area contributed by atoms with Crippen molar-refractivity contribution in [1.82, 2.24) is 0 Å². The van der Waals surface area contributed by atoms with E-state index in [-0.39, 0.29) is 11.3 Å². The number of anilines is 1. The van der Waals surface area contributed by atoms with Gasteiger partial charge in [-0.15, -0.1) is 0 Å². The monoisotopic (exact) mass is 157 g/mol. The Labute approximate surface area is 63.8 Å². The molecule has 0 atom stereocenters. The molecule has 2 N–H and O–H groups in total. The zero-order chi connectivity index (χ0) is 8.43. The van der Waals surface area contributed by atoms with Crippen molar-refractivity contribution >= 4 is 5.69 Å². The molecule has 1 rings (SSSR count). The van der Waals surface area contributed by atoms with Crippen LogP contribution in [0.3, 0.4) is 0 Å². The van der Waals surface area contributed by atoms with Crippen LogP contribution in [-0.4, -0.2) is 0 Å². The van der Waals surface area contributed by atoms with Gasteiger partial charge in [0, 0.05) is 5.56 Å². The number of hydrogen-bond acceptors (Lipinski definition) is 1. The van der Waals surface area contributed by atoms with Gasteiger partial charge in [-0.1, -0.05) is 6.92 Å². The first-order valence-corrected chi connectivity index (χ1v) is 3.39. The Kier molecular flexibility index (Phi) is 2.08. The number of rotatable bonds is 1. The van der Waals surface area contributed by atoms with Gasteiger partial charge in [-0.25, -0.2) is 8.78 Å². The first kappa shape index (κ1) is 7.98. The molecule has 1 aromatic carbocycles. The summed E-state index contributed by atoms with van der Waals surface area (Å²) >= 11 is 0. The summed E-state index contributed by atoms with van der Waals surface area (Å²) in [4.78, 5) is 0. The molecule has 0 radical (unpaired) electrons. The highest BCUT2D eigenvalue weighted by Crippen LogP contribution is 2.18. The molecule has 0 amide bonds. The van der Waals surface area contributed by atoms with Crippen molar-refractivity contribution in [2.24, 2.45) is 0 Å². The van der Waals surface area contributed by atoms with Crippen LogP contribution in [0.5, 0.6) is 0 Å². The minimum atomic E-state index is -0.632. The average Bonchev–Trinajstić information content (AvgIpc) is 1.99. The summed E-state index contributed by atoms with van der Waals surface area (Å²) in [6, 6.07) is 2.40. The van der Waals surface area contributed by atoms with Crippen LogP contribution in [0.1, 0.15) is 12.5 Å². The van der Waals surface area contributed by atoms with Crippen LogP contribution in [-0.2, 0) is 6.42 Å². The van der Waals surface area contributed by atoms with Gasteiger partial charge in [0.05, 0.1) is 5.69 Å². The molecule has 0 bridgehead atoms. The second-order valence-electron chi connectivity index (χ2n) is 2.28. The fourth-order valence-electron chi connectivity index (χ4n) is 0.940. The molecule has 11 heavy (non-hydrogen) atoms. The normalized spacial score (nSPS) is 10.1. The van der Waals surface area contributed by atoms with Gasteiger partial charge in [0.25, 0.3) is 0 Å². The standard InChI is InChI=1S/C8H9F2N/c1-2-5-6(9)3-4-7(11)8(5)10/h3-4H,2,11H2,1H3. The molecule has 3 heteroatoms. The Balaban J connectivity index is 3.29. The van der Waals surface area contributed by atoms with Gasteiger partial charge in [0.2, 0.25) is 0 Å².